The third-order valence-corrected chi connectivity index (χ3v) is 6.09. The molecule has 3 aromatic heterocycles. The van der Waals surface area contributed by atoms with Crippen LogP contribution in [0.1, 0.15) is 22.9 Å². The molecule has 0 fully saturated rings. The monoisotopic (exact) mass is 494 g/mol. The summed E-state index contributed by atoms with van der Waals surface area (Å²) < 4.78 is 6.93. The average molecular weight is 495 g/mol. The Balaban J connectivity index is 1.46. The number of aromatic nitrogens is 4. The second-order valence-electron chi connectivity index (χ2n) is 8.54. The highest BCUT2D eigenvalue weighted by atomic mass is 16.3. The van der Waals surface area contributed by atoms with Crippen molar-refractivity contribution in [3.8, 4) is 0 Å². The van der Waals surface area contributed by atoms with Gasteiger partial charge < -0.3 is 14.6 Å². The van der Waals surface area contributed by atoms with E-state index in [0.29, 0.717) is 29.8 Å². The van der Waals surface area contributed by atoms with E-state index in [2.05, 4.69) is 20.6 Å². The van der Waals surface area contributed by atoms with Crippen LogP contribution in [0.4, 0.5) is 0 Å². The first-order valence-electron chi connectivity index (χ1n) is 12.0. The molecule has 0 aliphatic rings. The minimum absolute atomic E-state index is 0.0580. The molecule has 1 N–H and O–H groups in total. The summed E-state index contributed by atoms with van der Waals surface area (Å²) in [7, 11) is 0. The van der Waals surface area contributed by atoms with Gasteiger partial charge in [-0.3, -0.25) is 14.6 Å². The van der Waals surface area contributed by atoms with Crippen LogP contribution < -0.4 is 5.32 Å². The lowest BCUT2D eigenvalue weighted by Gasteiger charge is -2.31. The molecule has 5 aromatic rings. The van der Waals surface area contributed by atoms with Crippen molar-refractivity contribution in [3.05, 3.63) is 114 Å². The van der Waals surface area contributed by atoms with Crippen LogP contribution in [0.15, 0.2) is 102 Å². The molecule has 0 bridgehead atoms. The minimum atomic E-state index is -0.894. The number of carbonyl (C=O) groups is 2. The molecule has 0 spiro atoms. The van der Waals surface area contributed by atoms with Gasteiger partial charge in [0, 0.05) is 24.5 Å². The minimum Gasteiger partial charge on any atom is -0.467 e. The molecule has 9 heteroatoms. The van der Waals surface area contributed by atoms with E-state index in [1.807, 2.05) is 54.6 Å². The Bertz CT molecular complexity index is 1450. The number of para-hydroxylation sites is 1. The van der Waals surface area contributed by atoms with Gasteiger partial charge in [-0.25, -0.2) is 4.68 Å². The van der Waals surface area contributed by atoms with Crippen LogP contribution in [0.2, 0.25) is 0 Å². The summed E-state index contributed by atoms with van der Waals surface area (Å²) in [5.41, 5.74) is 3.13. The number of pyridine rings is 1. The van der Waals surface area contributed by atoms with E-state index in [1.165, 1.54) is 0 Å². The third-order valence-electron chi connectivity index (χ3n) is 6.09. The van der Waals surface area contributed by atoms with Gasteiger partial charge >= 0.3 is 0 Å². The van der Waals surface area contributed by atoms with Crippen LogP contribution in [0.25, 0.3) is 11.0 Å². The van der Waals surface area contributed by atoms with E-state index in [9.17, 15) is 9.59 Å². The smallest absolute Gasteiger partial charge is 0.247 e. The quantitative estimate of drug-likeness (QED) is 0.318. The summed E-state index contributed by atoms with van der Waals surface area (Å²) >= 11 is 0. The zero-order valence-corrected chi connectivity index (χ0v) is 20.1. The average Bonchev–Trinajstić information content (AvgIpc) is 3.61. The molecule has 0 aliphatic heterocycles. The fourth-order valence-corrected chi connectivity index (χ4v) is 4.24. The molecule has 186 valence electrons. The van der Waals surface area contributed by atoms with Gasteiger partial charge in [0.25, 0.3) is 0 Å². The van der Waals surface area contributed by atoms with Crippen molar-refractivity contribution in [2.24, 2.45) is 0 Å². The van der Waals surface area contributed by atoms with Crippen molar-refractivity contribution in [1.82, 2.24) is 30.2 Å². The fourth-order valence-electron chi connectivity index (χ4n) is 4.24. The maximum atomic E-state index is 13.8. The van der Waals surface area contributed by atoms with E-state index in [0.717, 1.165) is 11.1 Å². The van der Waals surface area contributed by atoms with E-state index in [-0.39, 0.29) is 24.9 Å². The summed E-state index contributed by atoms with van der Waals surface area (Å²) in [5, 5.41) is 11.3. The Hall–Kier alpha value is -4.79. The van der Waals surface area contributed by atoms with Crippen LogP contribution in [0.5, 0.6) is 0 Å². The number of benzene rings is 2. The van der Waals surface area contributed by atoms with Crippen LogP contribution in [-0.2, 0) is 29.1 Å². The number of nitrogens with one attached hydrogen (secondary N) is 1. The van der Waals surface area contributed by atoms with Gasteiger partial charge in [-0.05, 0) is 42.3 Å². The highest BCUT2D eigenvalue weighted by Gasteiger charge is 2.32. The second-order valence-corrected chi connectivity index (χ2v) is 8.54. The van der Waals surface area contributed by atoms with E-state index in [1.54, 1.807) is 52.5 Å². The number of carbonyl (C=O) groups excluding carboxylic acids is 2. The van der Waals surface area contributed by atoms with Crippen molar-refractivity contribution < 1.29 is 14.0 Å². The lowest BCUT2D eigenvalue weighted by molar-refractivity contribution is -0.141. The highest BCUT2D eigenvalue weighted by molar-refractivity contribution is 5.89. The normalized spacial score (nSPS) is 11.8. The summed E-state index contributed by atoms with van der Waals surface area (Å²) in [6, 6.07) is 23.5. The van der Waals surface area contributed by atoms with Gasteiger partial charge in [0.15, 0.2) is 0 Å². The first kappa shape index (κ1) is 23.9. The molecule has 0 saturated carbocycles. The number of rotatable bonds is 10. The van der Waals surface area contributed by atoms with Crippen LogP contribution >= 0.6 is 0 Å². The maximum Gasteiger partial charge on any atom is 0.247 e. The largest absolute Gasteiger partial charge is 0.467 e. The first-order chi connectivity index (χ1) is 18.2. The number of nitrogens with zero attached hydrogens (tertiary/aromatic N) is 5. The van der Waals surface area contributed by atoms with Gasteiger partial charge in [0.2, 0.25) is 11.8 Å². The zero-order chi connectivity index (χ0) is 25.5. The Kier molecular flexibility index (Phi) is 7.31. The Morgan fingerprint density at radius 2 is 1.81 bits per heavy atom. The lowest BCUT2D eigenvalue weighted by Crippen LogP contribution is -2.45. The number of furan rings is 1. The molecule has 2 aromatic carbocycles. The Morgan fingerprint density at radius 3 is 2.59 bits per heavy atom. The van der Waals surface area contributed by atoms with E-state index >= 15 is 0 Å². The SMILES string of the molecule is O=C(NCc1ccco1)C(c1cccnc1)N(CCc1ccccc1)C(=O)Cn1nnc2ccccc21. The predicted molar refractivity (Wildman–Crippen MR) is 137 cm³/mol. The van der Waals surface area contributed by atoms with Gasteiger partial charge in [-0.1, -0.05) is 53.7 Å². The summed E-state index contributed by atoms with van der Waals surface area (Å²) in [4.78, 5) is 33.3. The Labute approximate surface area is 213 Å². The molecule has 1 atom stereocenters. The number of amides is 2. The van der Waals surface area contributed by atoms with Gasteiger partial charge in [0.1, 0.15) is 23.9 Å². The molecule has 0 saturated heterocycles. The summed E-state index contributed by atoms with van der Waals surface area (Å²) in [6.45, 7) is 0.470. The summed E-state index contributed by atoms with van der Waals surface area (Å²) in [5.74, 6) is 0.0392. The van der Waals surface area contributed by atoms with Crippen molar-refractivity contribution >= 4 is 22.8 Å². The lowest BCUT2D eigenvalue weighted by atomic mass is 10.0. The van der Waals surface area contributed by atoms with Gasteiger partial charge in [-0.2, -0.15) is 0 Å². The molecule has 9 nitrogen and oxygen atoms in total. The maximum absolute atomic E-state index is 13.8. The fraction of sp³-hybridized carbons (Fsp3) is 0.179. The van der Waals surface area contributed by atoms with Crippen molar-refractivity contribution in [3.63, 3.8) is 0 Å². The molecule has 0 aliphatic carbocycles. The molecule has 3 heterocycles. The molecule has 1 unspecified atom stereocenters. The number of hydrogen-bond donors (Lipinski definition) is 1. The van der Waals surface area contributed by atoms with E-state index < -0.39 is 6.04 Å². The summed E-state index contributed by atoms with van der Waals surface area (Å²) in [6.07, 6.45) is 5.38. The first-order valence-corrected chi connectivity index (χ1v) is 12.0. The zero-order valence-electron chi connectivity index (χ0n) is 20.1. The number of hydrogen-bond acceptors (Lipinski definition) is 6. The molecule has 37 heavy (non-hydrogen) atoms. The van der Waals surface area contributed by atoms with Crippen LogP contribution in [0.3, 0.4) is 0 Å². The molecule has 0 radical (unpaired) electrons. The van der Waals surface area contributed by atoms with Crippen LogP contribution in [-0.4, -0.2) is 43.2 Å². The third kappa shape index (κ3) is 5.72. The standard InChI is InChI=1S/C28H26N6O3/c35-26(20-34-25-13-5-4-12-24(25)31-32-34)33(16-14-21-8-2-1-3-9-21)27(22-10-6-15-29-18-22)28(36)30-19-23-11-7-17-37-23/h1-13,15,17-18,27H,14,16,19-20H2,(H,30,36). The molecular formula is C28H26N6O3. The van der Waals surface area contributed by atoms with Crippen molar-refractivity contribution in [2.75, 3.05) is 6.54 Å². The molecular weight excluding hydrogens is 468 g/mol. The molecule has 2 amide bonds. The molecule has 5 rings (SSSR count). The predicted octanol–water partition coefficient (Wildman–Crippen LogP) is 3.55. The van der Waals surface area contributed by atoms with Crippen LogP contribution in [0, 0.1) is 0 Å². The van der Waals surface area contributed by atoms with Gasteiger partial charge in [0.05, 0.1) is 18.3 Å². The number of fused-ring (bicyclic) bond motifs is 1. The van der Waals surface area contributed by atoms with Crippen molar-refractivity contribution in [2.45, 2.75) is 25.6 Å². The topological polar surface area (TPSA) is 106 Å². The second kappa shape index (κ2) is 11.3. The van der Waals surface area contributed by atoms with Gasteiger partial charge in [-0.15, -0.1) is 5.10 Å². The Morgan fingerprint density at radius 1 is 0.973 bits per heavy atom. The van der Waals surface area contributed by atoms with Crippen molar-refractivity contribution in [1.29, 1.82) is 0 Å². The highest BCUT2D eigenvalue weighted by Crippen LogP contribution is 2.23. The van der Waals surface area contributed by atoms with E-state index in [4.69, 9.17) is 4.42 Å².